The first-order valence-corrected chi connectivity index (χ1v) is 6.62. The van der Waals surface area contributed by atoms with Gasteiger partial charge in [-0.15, -0.1) is 0 Å². The molecule has 0 aromatic heterocycles. The zero-order chi connectivity index (χ0) is 14.4. The molecule has 0 aliphatic heterocycles. The second-order valence-electron chi connectivity index (χ2n) is 4.24. The lowest BCUT2D eigenvalue weighted by Gasteiger charge is -2.35. The summed E-state index contributed by atoms with van der Waals surface area (Å²) in [5, 5.41) is 3.57. The number of hydrazine groups is 1. The molecule has 20 heavy (non-hydrogen) atoms. The summed E-state index contributed by atoms with van der Waals surface area (Å²) in [6.07, 6.45) is 1.34. The van der Waals surface area contributed by atoms with E-state index in [-0.39, 0.29) is 5.91 Å². The average Bonchev–Trinajstić information content (AvgIpc) is 2.53. The van der Waals surface area contributed by atoms with E-state index in [9.17, 15) is 4.79 Å². The van der Waals surface area contributed by atoms with Gasteiger partial charge in [0, 0.05) is 6.54 Å². The molecule has 0 N–H and O–H groups in total. The highest BCUT2D eigenvalue weighted by molar-refractivity contribution is 5.89. The molecule has 0 fully saturated rings. The van der Waals surface area contributed by atoms with Crippen LogP contribution in [0.4, 0.5) is 11.4 Å². The van der Waals surface area contributed by atoms with Crippen LogP contribution in [0.25, 0.3) is 0 Å². The SMILES string of the molecule is C=CC(=O)N(CC)N(c1ccccc1)c1ccccc1. The number of hydrogen-bond donors (Lipinski definition) is 0. The molecule has 0 spiro atoms. The van der Waals surface area contributed by atoms with Crippen molar-refractivity contribution in [3.05, 3.63) is 73.3 Å². The second-order valence-corrected chi connectivity index (χ2v) is 4.24. The van der Waals surface area contributed by atoms with Crippen molar-refractivity contribution in [2.24, 2.45) is 0 Å². The highest BCUT2D eigenvalue weighted by Crippen LogP contribution is 2.27. The van der Waals surface area contributed by atoms with E-state index in [0.717, 1.165) is 11.4 Å². The van der Waals surface area contributed by atoms with Crippen molar-refractivity contribution in [3.63, 3.8) is 0 Å². The smallest absolute Gasteiger partial charge is 0.264 e. The van der Waals surface area contributed by atoms with Gasteiger partial charge in [0.15, 0.2) is 0 Å². The normalized spacial score (nSPS) is 9.85. The Morgan fingerprint density at radius 3 is 1.80 bits per heavy atom. The van der Waals surface area contributed by atoms with Gasteiger partial charge in [-0.25, -0.2) is 5.01 Å². The number of amides is 1. The van der Waals surface area contributed by atoms with Crippen LogP contribution in [0.1, 0.15) is 6.92 Å². The second kappa shape index (κ2) is 6.57. The van der Waals surface area contributed by atoms with Gasteiger partial charge in [0.05, 0.1) is 11.4 Å². The Balaban J connectivity index is 2.49. The van der Waals surface area contributed by atoms with E-state index in [4.69, 9.17) is 0 Å². The maximum Gasteiger partial charge on any atom is 0.264 e. The summed E-state index contributed by atoms with van der Waals surface area (Å²) in [6.45, 7) is 6.09. The van der Waals surface area contributed by atoms with Gasteiger partial charge in [-0.05, 0) is 37.3 Å². The van der Waals surface area contributed by atoms with Crippen molar-refractivity contribution < 1.29 is 4.79 Å². The molecule has 0 aliphatic rings. The van der Waals surface area contributed by atoms with Crippen LogP contribution in [0.2, 0.25) is 0 Å². The van der Waals surface area contributed by atoms with Crippen LogP contribution in [-0.2, 0) is 4.79 Å². The van der Waals surface area contributed by atoms with E-state index in [2.05, 4.69) is 6.58 Å². The summed E-state index contributed by atoms with van der Waals surface area (Å²) in [4.78, 5) is 12.1. The third kappa shape index (κ3) is 2.88. The maximum atomic E-state index is 12.1. The van der Waals surface area contributed by atoms with Crippen molar-refractivity contribution in [2.45, 2.75) is 6.92 Å². The minimum Gasteiger partial charge on any atom is -0.268 e. The van der Waals surface area contributed by atoms with Crippen LogP contribution in [0.3, 0.4) is 0 Å². The van der Waals surface area contributed by atoms with Crippen LogP contribution in [-0.4, -0.2) is 17.5 Å². The number of likely N-dealkylation sites (N-methyl/N-ethyl adjacent to an activating group) is 1. The quantitative estimate of drug-likeness (QED) is 0.607. The monoisotopic (exact) mass is 266 g/mol. The van der Waals surface area contributed by atoms with Gasteiger partial charge in [-0.1, -0.05) is 43.0 Å². The van der Waals surface area contributed by atoms with Gasteiger partial charge in [-0.3, -0.25) is 9.80 Å². The van der Waals surface area contributed by atoms with E-state index >= 15 is 0 Å². The molecule has 0 heterocycles. The first-order valence-electron chi connectivity index (χ1n) is 6.62. The van der Waals surface area contributed by atoms with Crippen LogP contribution >= 0.6 is 0 Å². The fraction of sp³-hybridized carbons (Fsp3) is 0.118. The van der Waals surface area contributed by atoms with Crippen LogP contribution in [0, 0.1) is 0 Å². The first-order chi connectivity index (χ1) is 9.77. The van der Waals surface area contributed by atoms with Crippen molar-refractivity contribution >= 4 is 17.3 Å². The van der Waals surface area contributed by atoms with Gasteiger partial charge in [-0.2, -0.15) is 0 Å². The fourth-order valence-corrected chi connectivity index (χ4v) is 2.07. The van der Waals surface area contributed by atoms with Gasteiger partial charge >= 0.3 is 0 Å². The van der Waals surface area contributed by atoms with Crippen molar-refractivity contribution in [2.75, 3.05) is 11.6 Å². The molecule has 0 aliphatic carbocycles. The fourth-order valence-electron chi connectivity index (χ4n) is 2.07. The Hall–Kier alpha value is -2.55. The highest BCUT2D eigenvalue weighted by Gasteiger charge is 2.19. The number of para-hydroxylation sites is 2. The summed E-state index contributed by atoms with van der Waals surface area (Å²) >= 11 is 0. The van der Waals surface area contributed by atoms with Crippen LogP contribution in [0.15, 0.2) is 73.3 Å². The Kier molecular flexibility index (Phi) is 4.56. The predicted molar refractivity (Wildman–Crippen MR) is 82.6 cm³/mol. The van der Waals surface area contributed by atoms with E-state index in [1.807, 2.05) is 72.6 Å². The molecule has 3 nitrogen and oxygen atoms in total. The lowest BCUT2D eigenvalue weighted by Crippen LogP contribution is -2.43. The third-order valence-electron chi connectivity index (χ3n) is 2.97. The van der Waals surface area contributed by atoms with E-state index in [1.54, 1.807) is 5.01 Å². The number of nitrogens with zero attached hydrogens (tertiary/aromatic N) is 2. The summed E-state index contributed by atoms with van der Waals surface area (Å²) in [5.41, 5.74) is 1.88. The number of rotatable bonds is 5. The topological polar surface area (TPSA) is 23.6 Å². The largest absolute Gasteiger partial charge is 0.268 e. The van der Waals surface area contributed by atoms with Crippen molar-refractivity contribution in [1.29, 1.82) is 0 Å². The molecule has 0 unspecified atom stereocenters. The van der Waals surface area contributed by atoms with Crippen LogP contribution in [0.5, 0.6) is 0 Å². The summed E-state index contributed by atoms with van der Waals surface area (Å²) < 4.78 is 0. The molecular weight excluding hydrogens is 248 g/mol. The van der Waals surface area contributed by atoms with Crippen molar-refractivity contribution in [1.82, 2.24) is 5.01 Å². The third-order valence-corrected chi connectivity index (χ3v) is 2.97. The minimum atomic E-state index is -0.125. The summed E-state index contributed by atoms with van der Waals surface area (Å²) in [6, 6.07) is 19.6. The minimum absolute atomic E-state index is 0.125. The molecule has 2 aromatic carbocycles. The number of benzene rings is 2. The Labute approximate surface area is 119 Å². The Morgan fingerprint density at radius 2 is 1.45 bits per heavy atom. The molecular formula is C17H18N2O. The number of carbonyl (C=O) groups is 1. The molecule has 2 rings (SSSR count). The summed E-state index contributed by atoms with van der Waals surface area (Å²) in [5.74, 6) is -0.125. The van der Waals surface area contributed by atoms with Crippen LogP contribution < -0.4 is 5.01 Å². The van der Waals surface area contributed by atoms with Gasteiger partial charge in [0.1, 0.15) is 0 Å². The van der Waals surface area contributed by atoms with E-state index in [0.29, 0.717) is 6.54 Å². The first kappa shape index (κ1) is 13.9. The zero-order valence-corrected chi connectivity index (χ0v) is 11.6. The Morgan fingerprint density at radius 1 is 1.00 bits per heavy atom. The molecule has 3 heteroatoms. The van der Waals surface area contributed by atoms with Gasteiger partial charge < -0.3 is 0 Å². The molecule has 0 radical (unpaired) electrons. The number of hydrogen-bond acceptors (Lipinski definition) is 2. The standard InChI is InChI=1S/C17H18N2O/c1-3-17(20)18(4-2)19(15-11-7-5-8-12-15)16-13-9-6-10-14-16/h3,5-14H,1,4H2,2H3. The highest BCUT2D eigenvalue weighted by atomic mass is 16.2. The zero-order valence-electron chi connectivity index (χ0n) is 11.6. The molecule has 102 valence electrons. The molecule has 2 aromatic rings. The molecule has 1 amide bonds. The summed E-state index contributed by atoms with van der Waals surface area (Å²) in [7, 11) is 0. The molecule has 0 atom stereocenters. The maximum absolute atomic E-state index is 12.1. The van der Waals surface area contributed by atoms with Gasteiger partial charge in [0.25, 0.3) is 5.91 Å². The lowest BCUT2D eigenvalue weighted by molar-refractivity contribution is -0.125. The van der Waals surface area contributed by atoms with Gasteiger partial charge in [0.2, 0.25) is 0 Å². The lowest BCUT2D eigenvalue weighted by atomic mass is 10.2. The van der Waals surface area contributed by atoms with E-state index < -0.39 is 0 Å². The average molecular weight is 266 g/mol. The Bertz CT molecular complexity index is 527. The molecule has 0 saturated carbocycles. The number of anilines is 2. The number of carbonyl (C=O) groups excluding carboxylic acids is 1. The molecule has 0 saturated heterocycles. The van der Waals surface area contributed by atoms with E-state index in [1.165, 1.54) is 6.08 Å². The predicted octanol–water partition coefficient (Wildman–Crippen LogP) is 3.77. The molecule has 0 bridgehead atoms. The van der Waals surface area contributed by atoms with Crippen molar-refractivity contribution in [3.8, 4) is 0 Å².